The number of piperidine rings is 1. The van der Waals surface area contributed by atoms with Gasteiger partial charge in [0.25, 0.3) is 0 Å². The quantitative estimate of drug-likeness (QED) is 0.751. The van der Waals surface area contributed by atoms with Crippen molar-refractivity contribution in [1.82, 2.24) is 30.0 Å². The van der Waals surface area contributed by atoms with Gasteiger partial charge in [-0.05, 0) is 48.7 Å². The third kappa shape index (κ3) is 5.46. The van der Waals surface area contributed by atoms with Crippen molar-refractivity contribution in [3.63, 3.8) is 0 Å². The molecule has 0 bridgehead atoms. The van der Waals surface area contributed by atoms with Crippen molar-refractivity contribution in [2.24, 2.45) is 5.92 Å². The summed E-state index contributed by atoms with van der Waals surface area (Å²) in [6.45, 7) is 7.54. The van der Waals surface area contributed by atoms with Crippen LogP contribution in [0.4, 0.5) is 0 Å². The lowest BCUT2D eigenvalue weighted by molar-refractivity contribution is -0.132. The summed E-state index contributed by atoms with van der Waals surface area (Å²) in [5.74, 6) is 1.72. The number of β-amino-alcohol motifs (C(OH)–C–C–N with tert-alkyl or cyclic N) is 1. The molecule has 0 unspecified atom stereocenters. The topological polar surface area (TPSA) is 96.6 Å². The lowest BCUT2D eigenvalue weighted by atomic mass is 9.99. The van der Waals surface area contributed by atoms with Gasteiger partial charge < -0.3 is 14.7 Å². The van der Waals surface area contributed by atoms with Gasteiger partial charge in [0.15, 0.2) is 5.82 Å². The van der Waals surface area contributed by atoms with Crippen LogP contribution in [0, 0.1) is 5.92 Å². The summed E-state index contributed by atoms with van der Waals surface area (Å²) < 4.78 is 7.08. The molecular formula is C17H30N6O3. The van der Waals surface area contributed by atoms with Crippen LogP contribution in [0.2, 0.25) is 0 Å². The Morgan fingerprint density at radius 3 is 2.92 bits per heavy atom. The van der Waals surface area contributed by atoms with Crippen LogP contribution >= 0.6 is 0 Å². The first-order valence-corrected chi connectivity index (χ1v) is 9.63. The number of hydrogen-bond acceptors (Lipinski definition) is 7. The normalized spacial score (nSPS) is 23.2. The fourth-order valence-corrected chi connectivity index (χ4v) is 3.49. The fraction of sp³-hybridized carbons (Fsp3) is 0.882. The second kappa shape index (κ2) is 9.38. The molecule has 1 aromatic rings. The molecule has 9 nitrogen and oxygen atoms in total. The number of carbonyl (C=O) groups excluding carboxylic acids is 1. The Kier molecular flexibility index (Phi) is 6.93. The van der Waals surface area contributed by atoms with Gasteiger partial charge in [0.1, 0.15) is 0 Å². The van der Waals surface area contributed by atoms with Gasteiger partial charge in [0, 0.05) is 26.1 Å². The van der Waals surface area contributed by atoms with Crippen LogP contribution in [0.1, 0.15) is 38.4 Å². The zero-order chi connectivity index (χ0) is 18.4. The smallest absolute Gasteiger partial charge is 0.222 e. The van der Waals surface area contributed by atoms with Gasteiger partial charge in [-0.1, -0.05) is 6.92 Å². The highest BCUT2D eigenvalue weighted by atomic mass is 16.5. The maximum Gasteiger partial charge on any atom is 0.222 e. The molecule has 1 N–H and O–H groups in total. The Labute approximate surface area is 154 Å². The monoisotopic (exact) mass is 366 g/mol. The highest BCUT2D eigenvalue weighted by Crippen LogP contribution is 2.17. The van der Waals surface area contributed by atoms with E-state index < -0.39 is 6.10 Å². The molecule has 146 valence electrons. The summed E-state index contributed by atoms with van der Waals surface area (Å²) in [7, 11) is 0. The maximum atomic E-state index is 12.3. The first kappa shape index (κ1) is 19.2. The van der Waals surface area contributed by atoms with E-state index in [-0.39, 0.29) is 5.91 Å². The van der Waals surface area contributed by atoms with E-state index in [1.165, 1.54) is 12.8 Å². The lowest BCUT2D eigenvalue weighted by Gasteiger charge is -2.29. The molecule has 3 rings (SSSR count). The first-order chi connectivity index (χ1) is 12.6. The predicted octanol–water partition coefficient (Wildman–Crippen LogP) is -0.0951. The second-order valence-electron chi connectivity index (χ2n) is 7.45. The SMILES string of the molecule is CC1CCN(Cc2nnnn2CCCC(=O)N2CCOC[C@@H](O)C2)CC1. The first-order valence-electron chi connectivity index (χ1n) is 9.63. The molecule has 0 aromatic carbocycles. The van der Waals surface area contributed by atoms with E-state index in [0.29, 0.717) is 45.7 Å². The van der Waals surface area contributed by atoms with Gasteiger partial charge in [-0.15, -0.1) is 5.10 Å². The summed E-state index contributed by atoms with van der Waals surface area (Å²) in [6, 6.07) is 0. The number of nitrogens with zero attached hydrogens (tertiary/aromatic N) is 6. The van der Waals surface area contributed by atoms with Gasteiger partial charge in [0.2, 0.25) is 5.91 Å². The molecular weight excluding hydrogens is 336 g/mol. The van der Waals surface area contributed by atoms with E-state index in [1.807, 2.05) is 4.68 Å². The molecule has 9 heteroatoms. The van der Waals surface area contributed by atoms with Crippen molar-refractivity contribution in [3.8, 4) is 0 Å². The lowest BCUT2D eigenvalue weighted by Crippen LogP contribution is -2.37. The highest BCUT2D eigenvalue weighted by molar-refractivity contribution is 5.76. The third-order valence-corrected chi connectivity index (χ3v) is 5.21. The van der Waals surface area contributed by atoms with Crippen molar-refractivity contribution in [2.45, 2.75) is 51.8 Å². The molecule has 0 radical (unpaired) electrons. The Hall–Kier alpha value is -1.58. The molecule has 1 amide bonds. The summed E-state index contributed by atoms with van der Waals surface area (Å²) in [6.07, 6.45) is 2.96. The summed E-state index contributed by atoms with van der Waals surface area (Å²) in [5, 5.41) is 21.8. The molecule has 2 aliphatic rings. The van der Waals surface area contributed by atoms with Crippen molar-refractivity contribution >= 4 is 5.91 Å². The standard InChI is InChI=1S/C17H30N6O3/c1-14-4-7-21(8-5-14)12-16-18-19-20-23(16)6-2-3-17(25)22-9-10-26-13-15(24)11-22/h14-15,24H,2-13H2,1H3/t15-/m0/s1. The Morgan fingerprint density at radius 1 is 1.31 bits per heavy atom. The number of aryl methyl sites for hydroxylation is 1. The maximum absolute atomic E-state index is 12.3. The predicted molar refractivity (Wildman–Crippen MR) is 94.1 cm³/mol. The van der Waals surface area contributed by atoms with Crippen LogP contribution < -0.4 is 0 Å². The van der Waals surface area contributed by atoms with Gasteiger partial charge in [-0.3, -0.25) is 9.69 Å². The van der Waals surface area contributed by atoms with E-state index >= 15 is 0 Å². The number of aliphatic hydroxyl groups excluding tert-OH is 1. The minimum Gasteiger partial charge on any atom is -0.389 e. The van der Waals surface area contributed by atoms with Gasteiger partial charge in [0.05, 0.1) is 25.9 Å². The van der Waals surface area contributed by atoms with Crippen LogP contribution in [0.25, 0.3) is 0 Å². The third-order valence-electron chi connectivity index (χ3n) is 5.21. The Balaban J connectivity index is 1.43. The van der Waals surface area contributed by atoms with E-state index in [0.717, 1.165) is 31.4 Å². The van der Waals surface area contributed by atoms with Crippen LogP contribution in [0.15, 0.2) is 0 Å². The minimum atomic E-state index is -0.597. The van der Waals surface area contributed by atoms with Gasteiger partial charge >= 0.3 is 0 Å². The number of aromatic nitrogens is 4. The van der Waals surface area contributed by atoms with Gasteiger partial charge in [-0.2, -0.15) is 0 Å². The van der Waals surface area contributed by atoms with Crippen molar-refractivity contribution in [3.05, 3.63) is 5.82 Å². The van der Waals surface area contributed by atoms with Crippen LogP contribution in [-0.4, -0.2) is 86.5 Å². The van der Waals surface area contributed by atoms with E-state index in [4.69, 9.17) is 4.74 Å². The number of hydrogen-bond donors (Lipinski definition) is 1. The van der Waals surface area contributed by atoms with Crippen LogP contribution in [-0.2, 0) is 22.6 Å². The second-order valence-corrected chi connectivity index (χ2v) is 7.45. The van der Waals surface area contributed by atoms with Crippen molar-refractivity contribution in [1.29, 1.82) is 0 Å². The Bertz CT molecular complexity index is 573. The Morgan fingerprint density at radius 2 is 2.12 bits per heavy atom. The summed E-state index contributed by atoms with van der Waals surface area (Å²) >= 11 is 0. The van der Waals surface area contributed by atoms with E-state index in [9.17, 15) is 9.90 Å². The zero-order valence-electron chi connectivity index (χ0n) is 15.6. The fourth-order valence-electron chi connectivity index (χ4n) is 3.49. The van der Waals surface area contributed by atoms with E-state index in [1.54, 1.807) is 4.90 Å². The number of likely N-dealkylation sites (tertiary alicyclic amines) is 1. The molecule has 0 spiro atoms. The summed E-state index contributed by atoms with van der Waals surface area (Å²) in [4.78, 5) is 16.4. The number of ether oxygens (including phenoxy) is 1. The van der Waals surface area contributed by atoms with Crippen molar-refractivity contribution in [2.75, 3.05) is 39.4 Å². The molecule has 1 atom stereocenters. The average Bonchev–Trinajstić information content (AvgIpc) is 2.94. The molecule has 1 aromatic heterocycles. The van der Waals surface area contributed by atoms with Crippen molar-refractivity contribution < 1.29 is 14.6 Å². The minimum absolute atomic E-state index is 0.0502. The van der Waals surface area contributed by atoms with Crippen LogP contribution in [0.5, 0.6) is 0 Å². The molecule has 2 saturated heterocycles. The average molecular weight is 366 g/mol. The number of tetrazole rings is 1. The number of amides is 1. The van der Waals surface area contributed by atoms with Crippen LogP contribution in [0.3, 0.4) is 0 Å². The molecule has 2 aliphatic heterocycles. The van der Waals surface area contributed by atoms with Gasteiger partial charge in [-0.25, -0.2) is 4.68 Å². The zero-order valence-corrected chi connectivity index (χ0v) is 15.6. The number of aliphatic hydroxyl groups is 1. The highest BCUT2D eigenvalue weighted by Gasteiger charge is 2.21. The molecule has 0 aliphatic carbocycles. The largest absolute Gasteiger partial charge is 0.389 e. The number of carbonyl (C=O) groups is 1. The van der Waals surface area contributed by atoms with E-state index in [2.05, 4.69) is 27.3 Å². The summed E-state index contributed by atoms with van der Waals surface area (Å²) in [5.41, 5.74) is 0. The molecule has 26 heavy (non-hydrogen) atoms. The molecule has 0 saturated carbocycles. The molecule has 3 heterocycles. The molecule has 2 fully saturated rings. The number of rotatable bonds is 6.